The minimum absolute atomic E-state index is 0.0206. The summed E-state index contributed by atoms with van der Waals surface area (Å²) in [6.07, 6.45) is -67.1. The van der Waals surface area contributed by atoms with Crippen LogP contribution in [0.3, 0.4) is 0 Å². The zero-order chi connectivity index (χ0) is 158. The number of likely N-dealkylation sites (N-methyl/N-ethyl adjacent to an activating group) is 7. The molecule has 0 amide bonds. The van der Waals surface area contributed by atoms with E-state index >= 15 is 0 Å². The Morgan fingerprint density at radius 3 is 0.654 bits per heavy atom. The van der Waals surface area contributed by atoms with Crippen LogP contribution in [0.15, 0.2) is 170 Å². The summed E-state index contributed by atoms with van der Waals surface area (Å²) in [7, 11) is 10.9. The molecule has 0 saturated heterocycles. The topological polar surface area (TPSA) is 306 Å². The van der Waals surface area contributed by atoms with Crippen LogP contribution in [0, 0.1) is 0 Å². The molecule has 14 N–H and O–H groups in total. The van der Waals surface area contributed by atoms with E-state index in [1.165, 1.54) is 121 Å². The van der Waals surface area contributed by atoms with Gasteiger partial charge in [0.2, 0.25) is 0 Å². The number of nitrogens with zero attached hydrogens (tertiary/aromatic N) is 7. The third-order valence-electron chi connectivity index (χ3n) is 22.1. The van der Waals surface area contributed by atoms with Crippen molar-refractivity contribution in [1.82, 2.24) is 34.3 Å². The lowest BCUT2D eigenvalue weighted by molar-refractivity contribution is -0.0280. The molecule has 133 heavy (non-hydrogen) atoms. The van der Waals surface area contributed by atoms with Crippen LogP contribution in [0.4, 0.5) is 0 Å². The molecule has 7 aromatic carbocycles. The van der Waals surface area contributed by atoms with Crippen LogP contribution in [0.5, 0.6) is 40.2 Å². The fourth-order valence-corrected chi connectivity index (χ4v) is 15.5. The summed E-state index contributed by atoms with van der Waals surface area (Å²) in [5.74, 6) is -15.8. The molecule has 0 radical (unpaired) electrons. The molecule has 7 fully saturated rings. The van der Waals surface area contributed by atoms with Gasteiger partial charge in [0.05, 0.1) is 39.2 Å². The van der Waals surface area contributed by atoms with Crippen molar-refractivity contribution >= 4 is 0 Å². The van der Waals surface area contributed by atoms with Gasteiger partial charge in [0.25, 0.3) is 0 Å². The Kier molecular flexibility index (Phi) is 19.3. The Labute approximate surface area is 897 Å². The van der Waals surface area contributed by atoms with Crippen molar-refractivity contribution < 1.29 is 166 Å². The molecule has 7 unspecified atom stereocenters. The minimum Gasteiger partial charge on any atom is -0.508 e. The number of hydrogen-bond donors (Lipinski definition) is 14. The smallest absolute Gasteiger partial charge is 0.115 e. The number of benzene rings is 7. The second kappa shape index (κ2) is 53.5. The average Bonchev–Trinajstić information content (AvgIpc) is 0.611. The predicted octanol–water partition coefficient (Wildman–Crippen LogP) is 19.1. The molecule has 0 spiro atoms. The van der Waals surface area contributed by atoms with Crippen molar-refractivity contribution in [3.8, 4) is 40.2 Å². The number of phenolic OH excluding ortho intramolecular Hbond substituents is 7. The van der Waals surface area contributed by atoms with E-state index in [1.54, 1.807) is 28.2 Å². The lowest BCUT2D eigenvalue weighted by atomic mass is 9.72. The maximum Gasteiger partial charge on any atom is 0.115 e. The average molecular weight is 1910 g/mol. The second-order valence-electron chi connectivity index (χ2n) is 33.5. The highest BCUT2D eigenvalue weighted by atomic mass is 16.3. The SMILES string of the molecule is [2H]C([2H])(C(c1ccc(O)cc1)C1(O)C([2H])([2H])C([2H])([2H])C([2H])([2H])C([2H])([2H])C1([2H])[2H])N(C)C.[2H]C([2H])(N(C)C)C([2H])(c1ccc(O)cc1)C1(O)CCCCC1.[2H]C([2H])([2H])N(C([2H])([2H])[2H])C([2H])([2H])C([2H])(c1ccc(O)cc1)C1(O)CCCCC1.[2H]C([2H])([2H])N(C)C([2H])([2H])C([2H])(c1ccc(O)cc1)C1(O)CCCCC1.[2H]C([2H])([2H])N(C)CC(c1ccc(O)cc1)C1(O)C([2H])([2H])C([2H])([2H])C([2H])([2H])C([2H])([2H])C1([2H])[2H].[2H]C([2H])([2H])N(CC(c1ccc(O)cc1)C1(O)C([2H])([2H])C([2H])([2H])C([2H])([2H])C([2H])([2H])C1([2H])[2H])C([2H])([2H])[2H].[2H]C1([2H])C([2H])([2H])C([2H])([2H])C(O)(C(CN(C)C)c2ccc(O)cc2)C([2H])([2H])C1([2H])[2H]. The summed E-state index contributed by atoms with van der Waals surface area (Å²) >= 11 is 0. The lowest BCUT2D eigenvalue weighted by Gasteiger charge is -2.40. The highest BCUT2D eigenvalue weighted by molar-refractivity contribution is 5.37. The van der Waals surface area contributed by atoms with E-state index in [9.17, 15) is 71.5 Å². The van der Waals surface area contributed by atoms with Crippen LogP contribution < -0.4 is 0 Å². The van der Waals surface area contributed by atoms with E-state index in [-0.39, 0.29) is 116 Å². The van der Waals surface area contributed by atoms with E-state index < -0.39 is 289 Å². The van der Waals surface area contributed by atoms with Crippen molar-refractivity contribution in [3.05, 3.63) is 209 Å². The zero-order valence-corrected chi connectivity index (χ0v) is 75.6. The van der Waals surface area contributed by atoms with Crippen molar-refractivity contribution in [3.63, 3.8) is 0 Å². The van der Waals surface area contributed by atoms with Gasteiger partial charge in [-0.25, -0.2) is 0 Å². The van der Waals surface area contributed by atoms with Gasteiger partial charge < -0.3 is 106 Å². The molecular formula is C112H175N7O14. The Hall–Kier alpha value is -7.42. The van der Waals surface area contributed by atoms with Gasteiger partial charge in [0.15, 0.2) is 0 Å². The van der Waals surface area contributed by atoms with Gasteiger partial charge in [-0.15, -0.1) is 0 Å². The van der Waals surface area contributed by atoms with Gasteiger partial charge >= 0.3 is 0 Å². The summed E-state index contributed by atoms with van der Waals surface area (Å²) < 4.78 is 559. The number of aliphatic hydroxyl groups is 7. The highest BCUT2D eigenvalue weighted by Crippen LogP contribution is 2.48. The molecular weight excluding hydrogens is 1670 g/mol. The molecule has 0 bridgehead atoms. The lowest BCUT2D eigenvalue weighted by Crippen LogP contribution is -2.42. The first kappa shape index (κ1) is 48.0. The molecule has 7 saturated carbocycles. The normalized spacial score (nSPS) is 37.4. The van der Waals surface area contributed by atoms with Crippen molar-refractivity contribution in [1.29, 1.82) is 0 Å². The molecule has 0 aromatic heterocycles. The first-order valence-electron chi connectivity index (χ1n) is 77.3. The van der Waals surface area contributed by atoms with E-state index in [0.717, 1.165) is 124 Å². The molecule has 7 aromatic rings. The Balaban J connectivity index is 0.000000281. The van der Waals surface area contributed by atoms with E-state index in [2.05, 4.69) is 0 Å². The summed E-state index contributed by atoms with van der Waals surface area (Å²) in [6, 6.07) is 34.0. The third-order valence-corrected chi connectivity index (χ3v) is 22.1. The van der Waals surface area contributed by atoms with Crippen LogP contribution in [0.1, 0.15) is 399 Å². The summed E-state index contributed by atoms with van der Waals surface area (Å²) in [6.45, 7) is -32.3. The number of phenols is 7. The van der Waals surface area contributed by atoms with Gasteiger partial charge in [-0.3, -0.25) is 0 Å². The maximum atomic E-state index is 11.7. The van der Waals surface area contributed by atoms with Crippen molar-refractivity contribution in [2.45, 2.75) is 304 Å². The van der Waals surface area contributed by atoms with Gasteiger partial charge in [0, 0.05) is 182 Å². The predicted molar refractivity (Wildman–Crippen MR) is 542 cm³/mol. The summed E-state index contributed by atoms with van der Waals surface area (Å²) in [4.78, 5) is 4.55. The quantitative estimate of drug-likeness (QED) is 0.0217. The van der Waals surface area contributed by atoms with E-state index in [0.29, 0.717) is 53.9 Å². The Morgan fingerprint density at radius 1 is 0.233 bits per heavy atom. The summed E-state index contributed by atoms with van der Waals surface area (Å²) in [5, 5.41) is 147. The van der Waals surface area contributed by atoms with E-state index in [1.807, 2.05) is 0 Å². The summed E-state index contributed by atoms with van der Waals surface area (Å²) in [5.41, 5.74) is -19.8. The number of rotatable bonds is 28. The van der Waals surface area contributed by atoms with Gasteiger partial charge in [-0.2, -0.15) is 0 Å². The monoisotopic (exact) mass is 1910 g/mol. The molecule has 21 nitrogen and oxygen atoms in total. The Morgan fingerprint density at radius 2 is 0.429 bits per heavy atom. The fraction of sp³-hybridized carbons (Fsp3) is 0.625. The molecule has 742 valence electrons. The molecule has 14 rings (SSSR count). The van der Waals surface area contributed by atoms with Gasteiger partial charge in [-0.05, 0) is 312 Å². The van der Waals surface area contributed by atoms with Crippen LogP contribution >= 0.6 is 0 Å². The standard InChI is InChI=1S/7C16H25NO2/c7*1-17(2)12-15(13-6-8-14(18)9-7-13)16(19)10-4-3-5-11-16/h7*6-9,15,18-19H,3-5,10-12H2,1-2H3/i1D3,2D3,3D2,4D2,5D2,10D2,11D2;3D2,4D2,5D2,10D2,11D2,12D2;1D3,3D2,4D2,5D2,10D2,11D2;3D2,4D2,5D2,10D2,11D2;1D3,2D3,12D2,15D;1D3,12D2,15D;12D2,15D. The minimum atomic E-state index is -3.95. The second-order valence-corrected chi connectivity index (χ2v) is 33.5. The molecule has 0 heterocycles. The molecule has 7 aliphatic rings. The first-order valence-corrected chi connectivity index (χ1v) is 42.8. The van der Waals surface area contributed by atoms with Crippen LogP contribution in [-0.2, 0) is 0 Å². The molecule has 0 aliphatic heterocycles. The highest BCUT2D eigenvalue weighted by Gasteiger charge is 2.46. The maximum absolute atomic E-state index is 11.7. The molecule has 7 aliphatic carbocycles. The molecule has 21 heteroatoms. The largest absolute Gasteiger partial charge is 0.508 e. The Bertz CT molecular complexity index is 7510. The van der Waals surface area contributed by atoms with E-state index in [4.69, 9.17) is 94.6 Å². The zero-order valence-electron chi connectivity index (χ0n) is 145. The van der Waals surface area contributed by atoms with Crippen LogP contribution in [0.2, 0.25) is 0 Å². The number of hydrogen-bond acceptors (Lipinski definition) is 21. The van der Waals surface area contributed by atoms with Gasteiger partial charge in [0.1, 0.15) is 40.2 Å². The van der Waals surface area contributed by atoms with Crippen molar-refractivity contribution in [2.24, 2.45) is 0 Å². The van der Waals surface area contributed by atoms with Gasteiger partial charge in [-0.1, -0.05) is 219 Å². The van der Waals surface area contributed by atoms with Crippen LogP contribution in [0.25, 0.3) is 0 Å². The molecule has 7 atom stereocenters. The van der Waals surface area contributed by atoms with Crippen LogP contribution in [-0.4, -0.2) is 289 Å². The third kappa shape index (κ3) is 35.2. The fourth-order valence-electron chi connectivity index (χ4n) is 15.5. The first-order chi connectivity index (χ1) is 89.7. The number of aromatic hydroxyl groups is 7. The van der Waals surface area contributed by atoms with Crippen molar-refractivity contribution in [2.75, 3.05) is 144 Å².